The van der Waals surface area contributed by atoms with E-state index in [4.69, 9.17) is 4.52 Å². The third-order valence-corrected chi connectivity index (χ3v) is 4.23. The first-order valence-corrected chi connectivity index (χ1v) is 8.01. The predicted molar refractivity (Wildman–Crippen MR) is 85.9 cm³/mol. The Labute approximate surface area is 135 Å². The van der Waals surface area contributed by atoms with Crippen molar-refractivity contribution >= 4 is 5.91 Å². The standard InChI is InChI=1S/C18H22N2O3/c1-13(2)10-15-11-16(23-19-15)17(21)20-9-8-18(22,12-20)14-6-4-3-5-7-14/h3-7,11,13,22H,8-10,12H2,1-2H3/t18-/m1/s1. The van der Waals surface area contributed by atoms with Crippen LogP contribution in [0.1, 0.15) is 42.1 Å². The van der Waals surface area contributed by atoms with Crippen LogP contribution in [0.25, 0.3) is 0 Å². The molecule has 1 aliphatic rings. The maximum atomic E-state index is 12.5. The number of carbonyl (C=O) groups excluding carboxylic acids is 1. The molecular formula is C18H22N2O3. The molecule has 0 bridgehead atoms. The van der Waals surface area contributed by atoms with E-state index in [0.717, 1.165) is 17.7 Å². The highest BCUT2D eigenvalue weighted by molar-refractivity contribution is 5.91. The van der Waals surface area contributed by atoms with E-state index in [-0.39, 0.29) is 18.2 Å². The summed E-state index contributed by atoms with van der Waals surface area (Å²) in [6.45, 7) is 4.97. The zero-order chi connectivity index (χ0) is 16.4. The number of hydrogen-bond donors (Lipinski definition) is 1. The minimum Gasteiger partial charge on any atom is -0.383 e. The lowest BCUT2D eigenvalue weighted by atomic mass is 9.93. The van der Waals surface area contributed by atoms with Crippen molar-refractivity contribution in [3.05, 3.63) is 53.4 Å². The Hall–Kier alpha value is -2.14. The zero-order valence-corrected chi connectivity index (χ0v) is 13.5. The van der Waals surface area contributed by atoms with Gasteiger partial charge >= 0.3 is 0 Å². The van der Waals surface area contributed by atoms with Crippen molar-refractivity contribution in [3.8, 4) is 0 Å². The number of aromatic nitrogens is 1. The van der Waals surface area contributed by atoms with Gasteiger partial charge in [0.15, 0.2) is 0 Å². The van der Waals surface area contributed by atoms with Crippen LogP contribution in [0, 0.1) is 5.92 Å². The van der Waals surface area contributed by atoms with Gasteiger partial charge in [-0.1, -0.05) is 49.3 Å². The fourth-order valence-electron chi connectivity index (χ4n) is 3.03. The lowest BCUT2D eigenvalue weighted by molar-refractivity contribution is 0.0404. The molecule has 0 unspecified atom stereocenters. The van der Waals surface area contributed by atoms with Crippen molar-refractivity contribution < 1.29 is 14.4 Å². The van der Waals surface area contributed by atoms with E-state index in [2.05, 4.69) is 19.0 Å². The van der Waals surface area contributed by atoms with Crippen LogP contribution >= 0.6 is 0 Å². The smallest absolute Gasteiger partial charge is 0.292 e. The molecule has 0 aliphatic carbocycles. The molecule has 5 heteroatoms. The van der Waals surface area contributed by atoms with Crippen LogP contribution < -0.4 is 0 Å². The Morgan fingerprint density at radius 1 is 1.39 bits per heavy atom. The van der Waals surface area contributed by atoms with Crippen LogP contribution in [0.4, 0.5) is 0 Å². The van der Waals surface area contributed by atoms with E-state index >= 15 is 0 Å². The molecular weight excluding hydrogens is 292 g/mol. The molecule has 23 heavy (non-hydrogen) atoms. The Kier molecular flexibility index (Phi) is 4.22. The van der Waals surface area contributed by atoms with Gasteiger partial charge < -0.3 is 14.5 Å². The number of rotatable bonds is 4. The largest absolute Gasteiger partial charge is 0.383 e. The fourth-order valence-corrected chi connectivity index (χ4v) is 3.03. The molecule has 1 saturated heterocycles. The van der Waals surface area contributed by atoms with Gasteiger partial charge in [-0.05, 0) is 24.3 Å². The van der Waals surface area contributed by atoms with Gasteiger partial charge in [0.1, 0.15) is 5.60 Å². The quantitative estimate of drug-likeness (QED) is 0.942. The molecule has 1 aromatic carbocycles. The van der Waals surface area contributed by atoms with Gasteiger partial charge in [-0.3, -0.25) is 4.79 Å². The van der Waals surface area contributed by atoms with Crippen molar-refractivity contribution in [2.75, 3.05) is 13.1 Å². The molecule has 1 aromatic heterocycles. The molecule has 2 aromatic rings. The van der Waals surface area contributed by atoms with E-state index in [9.17, 15) is 9.90 Å². The van der Waals surface area contributed by atoms with Crippen LogP contribution in [0.2, 0.25) is 0 Å². The van der Waals surface area contributed by atoms with Gasteiger partial charge in [-0.2, -0.15) is 0 Å². The first-order chi connectivity index (χ1) is 11.0. The Morgan fingerprint density at radius 3 is 2.83 bits per heavy atom. The van der Waals surface area contributed by atoms with Crippen LogP contribution in [-0.4, -0.2) is 34.2 Å². The molecule has 122 valence electrons. The molecule has 0 radical (unpaired) electrons. The second-order valence-corrected chi connectivity index (χ2v) is 6.65. The van der Waals surface area contributed by atoms with E-state index in [1.807, 2.05) is 30.3 Å². The van der Waals surface area contributed by atoms with Gasteiger partial charge in [0.05, 0.1) is 12.2 Å². The van der Waals surface area contributed by atoms with Crippen LogP contribution in [0.5, 0.6) is 0 Å². The minimum absolute atomic E-state index is 0.209. The van der Waals surface area contributed by atoms with Gasteiger partial charge in [0.2, 0.25) is 5.76 Å². The summed E-state index contributed by atoms with van der Waals surface area (Å²) >= 11 is 0. The second kappa shape index (κ2) is 6.16. The van der Waals surface area contributed by atoms with Crippen molar-refractivity contribution in [1.82, 2.24) is 10.1 Å². The topological polar surface area (TPSA) is 66.6 Å². The lowest BCUT2D eigenvalue weighted by Gasteiger charge is -2.23. The average molecular weight is 314 g/mol. The maximum absolute atomic E-state index is 12.5. The normalized spacial score (nSPS) is 21.1. The molecule has 1 amide bonds. The first-order valence-electron chi connectivity index (χ1n) is 8.01. The average Bonchev–Trinajstić information content (AvgIpc) is 3.15. The van der Waals surface area contributed by atoms with Crippen LogP contribution in [-0.2, 0) is 12.0 Å². The molecule has 1 N–H and O–H groups in total. The molecule has 2 heterocycles. The van der Waals surface area contributed by atoms with E-state index < -0.39 is 5.60 Å². The SMILES string of the molecule is CC(C)Cc1cc(C(=O)N2CC[C@](O)(c3ccccc3)C2)on1. The van der Waals surface area contributed by atoms with Crippen molar-refractivity contribution in [2.45, 2.75) is 32.3 Å². The highest BCUT2D eigenvalue weighted by Crippen LogP contribution is 2.32. The maximum Gasteiger partial charge on any atom is 0.292 e. The number of amides is 1. The number of hydrogen-bond acceptors (Lipinski definition) is 4. The number of benzene rings is 1. The lowest BCUT2D eigenvalue weighted by Crippen LogP contribution is -2.34. The highest BCUT2D eigenvalue weighted by Gasteiger charge is 2.40. The summed E-state index contributed by atoms with van der Waals surface area (Å²) in [6, 6.07) is 11.2. The summed E-state index contributed by atoms with van der Waals surface area (Å²) in [5, 5.41) is 14.8. The summed E-state index contributed by atoms with van der Waals surface area (Å²) in [5.74, 6) is 0.496. The molecule has 3 rings (SSSR count). The Morgan fingerprint density at radius 2 is 2.13 bits per heavy atom. The van der Waals surface area contributed by atoms with Crippen molar-refractivity contribution in [1.29, 1.82) is 0 Å². The summed E-state index contributed by atoms with van der Waals surface area (Å²) in [7, 11) is 0. The summed E-state index contributed by atoms with van der Waals surface area (Å²) in [4.78, 5) is 14.2. The van der Waals surface area contributed by atoms with Gasteiger partial charge in [-0.15, -0.1) is 0 Å². The number of likely N-dealkylation sites (tertiary alicyclic amines) is 1. The van der Waals surface area contributed by atoms with Crippen molar-refractivity contribution in [3.63, 3.8) is 0 Å². The fraction of sp³-hybridized carbons (Fsp3) is 0.444. The molecule has 0 spiro atoms. The van der Waals surface area contributed by atoms with Gasteiger partial charge in [0.25, 0.3) is 5.91 Å². The van der Waals surface area contributed by atoms with Crippen LogP contribution in [0.3, 0.4) is 0 Å². The Bertz CT molecular complexity index is 681. The Balaban J connectivity index is 1.71. The monoisotopic (exact) mass is 314 g/mol. The van der Waals surface area contributed by atoms with E-state index in [1.165, 1.54) is 0 Å². The third kappa shape index (κ3) is 3.29. The summed E-state index contributed by atoms with van der Waals surface area (Å²) < 4.78 is 5.19. The molecule has 0 saturated carbocycles. The number of nitrogens with zero attached hydrogens (tertiary/aromatic N) is 2. The predicted octanol–water partition coefficient (Wildman–Crippen LogP) is 2.61. The molecule has 5 nitrogen and oxygen atoms in total. The zero-order valence-electron chi connectivity index (χ0n) is 13.5. The van der Waals surface area contributed by atoms with Crippen molar-refractivity contribution in [2.24, 2.45) is 5.92 Å². The number of aliphatic hydroxyl groups is 1. The third-order valence-electron chi connectivity index (χ3n) is 4.23. The summed E-state index contributed by atoms with van der Waals surface area (Å²) in [6.07, 6.45) is 1.31. The van der Waals surface area contributed by atoms with Gasteiger partial charge in [0, 0.05) is 12.6 Å². The van der Waals surface area contributed by atoms with Crippen LogP contribution in [0.15, 0.2) is 40.9 Å². The molecule has 1 aliphatic heterocycles. The second-order valence-electron chi connectivity index (χ2n) is 6.65. The molecule has 1 fully saturated rings. The first kappa shape index (κ1) is 15.7. The summed E-state index contributed by atoms with van der Waals surface area (Å²) in [5.41, 5.74) is 0.645. The highest BCUT2D eigenvalue weighted by atomic mass is 16.5. The number of β-amino-alcohol motifs (C(OH)–C–C–N with tert-alkyl or cyclic N) is 1. The van der Waals surface area contributed by atoms with E-state index in [1.54, 1.807) is 11.0 Å². The minimum atomic E-state index is -0.988. The van der Waals surface area contributed by atoms with E-state index in [0.29, 0.717) is 18.9 Å². The molecule has 1 atom stereocenters. The van der Waals surface area contributed by atoms with Gasteiger partial charge in [-0.25, -0.2) is 0 Å². The number of carbonyl (C=O) groups is 1.